The van der Waals surface area contributed by atoms with Gasteiger partial charge >= 0.3 is 0 Å². The fraction of sp³-hybridized carbons (Fsp3) is 0.273. The standard InChI is InChI=1S/C22H23ClN2O3S/c1-2-11-29-12-5-10-24-21(26)16-8-9-19-18(13-16)25-22(27)20(28-19)14-15-6-3-4-7-17(15)23/h3-4,6-9,13-14H,2,5,10-12H2,1H3,(H,24,26)(H,25,27). The predicted molar refractivity (Wildman–Crippen MR) is 120 cm³/mol. The van der Waals surface area contributed by atoms with E-state index in [4.69, 9.17) is 16.3 Å². The van der Waals surface area contributed by atoms with E-state index in [0.717, 1.165) is 24.3 Å². The van der Waals surface area contributed by atoms with Gasteiger partial charge in [-0.25, -0.2) is 0 Å². The second kappa shape index (κ2) is 10.4. The van der Waals surface area contributed by atoms with Crippen molar-refractivity contribution in [2.45, 2.75) is 19.8 Å². The third-order valence-electron chi connectivity index (χ3n) is 4.22. The second-order valence-electron chi connectivity index (χ2n) is 6.52. The highest BCUT2D eigenvalue weighted by Gasteiger charge is 2.23. The van der Waals surface area contributed by atoms with E-state index in [0.29, 0.717) is 34.1 Å². The molecule has 2 aromatic carbocycles. The highest BCUT2D eigenvalue weighted by atomic mass is 35.5. The van der Waals surface area contributed by atoms with Crippen molar-refractivity contribution in [2.75, 3.05) is 23.4 Å². The predicted octanol–water partition coefficient (Wildman–Crippen LogP) is 4.98. The second-order valence-corrected chi connectivity index (χ2v) is 8.15. The van der Waals surface area contributed by atoms with Gasteiger partial charge < -0.3 is 15.4 Å². The van der Waals surface area contributed by atoms with E-state index in [-0.39, 0.29) is 17.6 Å². The molecule has 3 rings (SSSR count). The Balaban J connectivity index is 1.64. The summed E-state index contributed by atoms with van der Waals surface area (Å²) in [7, 11) is 0. The van der Waals surface area contributed by atoms with E-state index in [1.165, 1.54) is 0 Å². The Morgan fingerprint density at radius 2 is 2.07 bits per heavy atom. The molecule has 0 bridgehead atoms. The summed E-state index contributed by atoms with van der Waals surface area (Å²) in [6, 6.07) is 12.2. The summed E-state index contributed by atoms with van der Waals surface area (Å²) in [6.45, 7) is 2.78. The van der Waals surface area contributed by atoms with Crippen LogP contribution in [0.25, 0.3) is 6.08 Å². The summed E-state index contributed by atoms with van der Waals surface area (Å²) >= 11 is 8.04. The number of halogens is 1. The van der Waals surface area contributed by atoms with E-state index in [9.17, 15) is 9.59 Å². The molecule has 2 N–H and O–H groups in total. The molecule has 0 fully saturated rings. The summed E-state index contributed by atoms with van der Waals surface area (Å²) in [6.07, 6.45) is 3.68. The fourth-order valence-electron chi connectivity index (χ4n) is 2.76. The molecular weight excluding hydrogens is 408 g/mol. The highest BCUT2D eigenvalue weighted by Crippen LogP contribution is 2.33. The molecule has 0 spiro atoms. The Morgan fingerprint density at radius 1 is 1.24 bits per heavy atom. The molecule has 1 heterocycles. The summed E-state index contributed by atoms with van der Waals surface area (Å²) in [4.78, 5) is 24.7. The first-order valence-electron chi connectivity index (χ1n) is 9.54. The highest BCUT2D eigenvalue weighted by molar-refractivity contribution is 7.99. The first-order chi connectivity index (χ1) is 14.1. The molecule has 0 unspecified atom stereocenters. The normalized spacial score (nSPS) is 14.1. The summed E-state index contributed by atoms with van der Waals surface area (Å²) in [5.41, 5.74) is 1.64. The largest absolute Gasteiger partial charge is 0.449 e. The lowest BCUT2D eigenvalue weighted by molar-refractivity contribution is -0.115. The van der Waals surface area contributed by atoms with Gasteiger partial charge in [0.25, 0.3) is 11.8 Å². The average molecular weight is 431 g/mol. The van der Waals surface area contributed by atoms with Gasteiger partial charge in [0.05, 0.1) is 5.69 Å². The molecule has 0 saturated heterocycles. The monoisotopic (exact) mass is 430 g/mol. The van der Waals surface area contributed by atoms with Crippen LogP contribution in [-0.4, -0.2) is 29.9 Å². The molecule has 5 nitrogen and oxygen atoms in total. The molecule has 0 atom stereocenters. The van der Waals surface area contributed by atoms with Crippen LogP contribution in [-0.2, 0) is 4.79 Å². The number of hydrogen-bond acceptors (Lipinski definition) is 4. The van der Waals surface area contributed by atoms with Gasteiger partial charge in [-0.3, -0.25) is 9.59 Å². The van der Waals surface area contributed by atoms with Gasteiger partial charge in [0.2, 0.25) is 0 Å². The summed E-state index contributed by atoms with van der Waals surface area (Å²) < 4.78 is 5.73. The molecule has 2 aromatic rings. The number of benzene rings is 2. The smallest absolute Gasteiger partial charge is 0.291 e. The van der Waals surface area contributed by atoms with E-state index >= 15 is 0 Å². The molecule has 0 saturated carbocycles. The molecule has 7 heteroatoms. The zero-order valence-corrected chi connectivity index (χ0v) is 17.7. The maximum atomic E-state index is 12.4. The van der Waals surface area contributed by atoms with Crippen molar-refractivity contribution in [3.05, 3.63) is 64.4 Å². The van der Waals surface area contributed by atoms with Gasteiger partial charge in [0.15, 0.2) is 11.5 Å². The van der Waals surface area contributed by atoms with Crippen molar-refractivity contribution in [2.24, 2.45) is 0 Å². The van der Waals surface area contributed by atoms with Crippen LogP contribution in [0, 0.1) is 0 Å². The maximum absolute atomic E-state index is 12.4. The average Bonchev–Trinajstić information content (AvgIpc) is 2.72. The van der Waals surface area contributed by atoms with Crippen LogP contribution in [0.1, 0.15) is 35.7 Å². The zero-order valence-electron chi connectivity index (χ0n) is 16.2. The molecule has 1 aliphatic rings. The molecule has 29 heavy (non-hydrogen) atoms. The van der Waals surface area contributed by atoms with Crippen molar-refractivity contribution in [3.63, 3.8) is 0 Å². The van der Waals surface area contributed by atoms with Crippen molar-refractivity contribution in [3.8, 4) is 5.75 Å². The molecule has 2 amide bonds. The minimum absolute atomic E-state index is 0.146. The topological polar surface area (TPSA) is 67.4 Å². The minimum atomic E-state index is -0.386. The van der Waals surface area contributed by atoms with E-state index < -0.39 is 0 Å². The molecule has 152 valence electrons. The fourth-order valence-corrected chi connectivity index (χ4v) is 3.79. The molecule has 0 radical (unpaired) electrons. The number of hydrogen-bond donors (Lipinski definition) is 2. The Labute approximate surface area is 179 Å². The number of thioether (sulfide) groups is 1. The Hall–Kier alpha value is -2.44. The van der Waals surface area contributed by atoms with Crippen LogP contribution < -0.4 is 15.4 Å². The third kappa shape index (κ3) is 5.78. The van der Waals surface area contributed by atoms with Gasteiger partial charge in [-0.2, -0.15) is 11.8 Å². The molecular formula is C22H23ClN2O3S. The first-order valence-corrected chi connectivity index (χ1v) is 11.1. The van der Waals surface area contributed by atoms with Gasteiger partial charge in [-0.05, 0) is 60.3 Å². The van der Waals surface area contributed by atoms with Crippen LogP contribution >= 0.6 is 23.4 Å². The van der Waals surface area contributed by atoms with Crippen LogP contribution in [0.5, 0.6) is 5.75 Å². The lowest BCUT2D eigenvalue weighted by Crippen LogP contribution is -2.26. The number of rotatable bonds is 8. The number of anilines is 1. The Bertz CT molecular complexity index is 930. The number of amides is 2. The maximum Gasteiger partial charge on any atom is 0.291 e. The minimum Gasteiger partial charge on any atom is -0.449 e. The van der Waals surface area contributed by atoms with Crippen molar-refractivity contribution < 1.29 is 14.3 Å². The van der Waals surface area contributed by atoms with Gasteiger partial charge in [-0.1, -0.05) is 36.7 Å². The molecule has 0 aliphatic carbocycles. The number of nitrogens with one attached hydrogen (secondary N) is 2. The Morgan fingerprint density at radius 3 is 2.86 bits per heavy atom. The SMILES string of the molecule is CCCSCCCNC(=O)c1ccc2c(c1)NC(=O)C(=Cc1ccccc1Cl)O2. The number of ether oxygens (including phenoxy) is 1. The lowest BCUT2D eigenvalue weighted by atomic mass is 10.1. The van der Waals surface area contributed by atoms with Gasteiger partial charge in [0.1, 0.15) is 0 Å². The molecule has 0 aromatic heterocycles. The van der Waals surface area contributed by atoms with Crippen molar-refractivity contribution in [1.82, 2.24) is 5.32 Å². The van der Waals surface area contributed by atoms with Gasteiger partial charge in [-0.15, -0.1) is 0 Å². The van der Waals surface area contributed by atoms with Crippen LogP contribution in [0.3, 0.4) is 0 Å². The lowest BCUT2D eigenvalue weighted by Gasteiger charge is -2.20. The van der Waals surface area contributed by atoms with Gasteiger partial charge in [0, 0.05) is 17.1 Å². The number of carbonyl (C=O) groups is 2. The van der Waals surface area contributed by atoms with Crippen LogP contribution in [0.4, 0.5) is 5.69 Å². The summed E-state index contributed by atoms with van der Waals surface area (Å²) in [5, 5.41) is 6.22. The van der Waals surface area contributed by atoms with E-state index in [2.05, 4.69) is 17.6 Å². The first kappa shape index (κ1) is 21.3. The number of fused-ring (bicyclic) bond motifs is 1. The summed E-state index contributed by atoms with van der Waals surface area (Å²) in [5.74, 6) is 2.25. The third-order valence-corrected chi connectivity index (χ3v) is 5.84. The van der Waals surface area contributed by atoms with Crippen molar-refractivity contribution in [1.29, 1.82) is 0 Å². The molecule has 1 aliphatic heterocycles. The van der Waals surface area contributed by atoms with Crippen LogP contribution in [0.15, 0.2) is 48.2 Å². The van der Waals surface area contributed by atoms with E-state index in [1.54, 1.807) is 36.4 Å². The Kier molecular flexibility index (Phi) is 7.61. The number of carbonyl (C=O) groups excluding carboxylic acids is 2. The quantitative estimate of drug-likeness (QED) is 0.458. The zero-order chi connectivity index (χ0) is 20.6. The van der Waals surface area contributed by atoms with Crippen molar-refractivity contribution >= 4 is 46.9 Å². The van der Waals surface area contributed by atoms with Crippen LogP contribution in [0.2, 0.25) is 5.02 Å². The van der Waals surface area contributed by atoms with E-state index in [1.807, 2.05) is 23.9 Å².